The van der Waals surface area contributed by atoms with Gasteiger partial charge in [-0.3, -0.25) is 4.79 Å². The van der Waals surface area contributed by atoms with Crippen LogP contribution in [0.5, 0.6) is 17.2 Å². The molecular formula is C35H37NO6. The molecule has 1 fully saturated rings. The average molecular weight is 568 g/mol. The Balaban J connectivity index is 1.24. The maximum Gasteiger partial charge on any atom is 0.306 e. The SMILES string of the molecule is COC(=O)C[C@@H]1COc2cc(O[C@@H]3CCc4c3ccc(C#N)c4-c3c(C)cc(OCC4CCOCC4)cc3C)ccc21. The van der Waals surface area contributed by atoms with Gasteiger partial charge in [-0.25, -0.2) is 0 Å². The zero-order chi connectivity index (χ0) is 29.2. The molecule has 0 radical (unpaired) electrons. The van der Waals surface area contributed by atoms with E-state index in [1.807, 2.05) is 30.3 Å². The molecule has 7 heteroatoms. The van der Waals surface area contributed by atoms with Crippen LogP contribution in [0.4, 0.5) is 0 Å². The number of carbonyl (C=O) groups is 1. The van der Waals surface area contributed by atoms with E-state index >= 15 is 0 Å². The molecule has 3 aromatic carbocycles. The van der Waals surface area contributed by atoms with E-state index in [9.17, 15) is 10.1 Å². The van der Waals surface area contributed by atoms with Crippen molar-refractivity contribution in [2.75, 3.05) is 33.5 Å². The minimum atomic E-state index is -0.241. The highest BCUT2D eigenvalue weighted by molar-refractivity contribution is 5.81. The van der Waals surface area contributed by atoms with Crippen molar-refractivity contribution in [2.45, 2.75) is 58.0 Å². The summed E-state index contributed by atoms with van der Waals surface area (Å²) in [6.07, 6.45) is 3.90. The number of carbonyl (C=O) groups excluding carboxylic acids is 1. The lowest BCUT2D eigenvalue weighted by Gasteiger charge is -2.23. The van der Waals surface area contributed by atoms with Gasteiger partial charge in [0.2, 0.25) is 0 Å². The van der Waals surface area contributed by atoms with Crippen LogP contribution in [-0.4, -0.2) is 39.5 Å². The van der Waals surface area contributed by atoms with Crippen molar-refractivity contribution in [3.05, 3.63) is 75.8 Å². The lowest BCUT2D eigenvalue weighted by Crippen LogP contribution is -2.21. The van der Waals surface area contributed by atoms with Gasteiger partial charge in [-0.15, -0.1) is 0 Å². The second kappa shape index (κ2) is 12.1. The number of esters is 1. The Kier molecular flexibility index (Phi) is 8.08. The Bertz CT molecular complexity index is 1510. The average Bonchev–Trinajstić information content (AvgIpc) is 3.59. The van der Waals surface area contributed by atoms with Crippen molar-refractivity contribution >= 4 is 5.97 Å². The summed E-state index contributed by atoms with van der Waals surface area (Å²) < 4.78 is 28.9. The number of methoxy groups -OCH3 is 1. The van der Waals surface area contributed by atoms with Crippen molar-refractivity contribution in [1.82, 2.24) is 0 Å². The zero-order valence-corrected chi connectivity index (χ0v) is 24.5. The maximum atomic E-state index is 11.8. The molecule has 0 aromatic heterocycles. The summed E-state index contributed by atoms with van der Waals surface area (Å²) in [4.78, 5) is 11.8. The molecular weight excluding hydrogens is 530 g/mol. The molecule has 0 spiro atoms. The van der Waals surface area contributed by atoms with Gasteiger partial charge < -0.3 is 23.7 Å². The van der Waals surface area contributed by atoms with Gasteiger partial charge in [0.1, 0.15) is 23.4 Å². The third-order valence-electron chi connectivity index (χ3n) is 8.84. The first-order valence-corrected chi connectivity index (χ1v) is 14.8. The molecule has 42 heavy (non-hydrogen) atoms. The normalized spacial score (nSPS) is 19.4. The molecule has 1 aliphatic carbocycles. The maximum absolute atomic E-state index is 11.8. The number of benzene rings is 3. The summed E-state index contributed by atoms with van der Waals surface area (Å²) in [6.45, 7) is 6.98. The van der Waals surface area contributed by atoms with E-state index < -0.39 is 0 Å². The Morgan fingerprint density at radius 3 is 2.48 bits per heavy atom. The first-order valence-electron chi connectivity index (χ1n) is 14.8. The standard InChI is InChI=1S/C35H37NO6/c1-21-14-27(40-19-23-10-12-39-13-11-23)15-22(2)34(21)35-24(18-36)4-6-29-30(35)8-9-31(29)42-26-5-7-28-25(16-33(37)38-3)20-41-32(28)17-26/h4-7,14-15,17,23,25,31H,8-13,16,19-20H2,1-3H3/t25-,31-/m1/s1. The summed E-state index contributed by atoms with van der Waals surface area (Å²) >= 11 is 0. The van der Waals surface area contributed by atoms with Crippen LogP contribution in [0.15, 0.2) is 42.5 Å². The monoisotopic (exact) mass is 567 g/mol. The molecule has 3 aromatic rings. The molecule has 3 aliphatic rings. The third kappa shape index (κ3) is 5.56. The fourth-order valence-corrected chi connectivity index (χ4v) is 6.64. The Labute approximate surface area is 247 Å². The van der Waals surface area contributed by atoms with Crippen molar-refractivity contribution in [3.8, 4) is 34.4 Å². The predicted molar refractivity (Wildman–Crippen MR) is 158 cm³/mol. The first-order chi connectivity index (χ1) is 20.4. The van der Waals surface area contributed by atoms with Gasteiger partial charge in [-0.2, -0.15) is 5.26 Å². The third-order valence-corrected chi connectivity index (χ3v) is 8.84. The zero-order valence-electron chi connectivity index (χ0n) is 24.5. The van der Waals surface area contributed by atoms with E-state index in [1.165, 1.54) is 12.7 Å². The Morgan fingerprint density at radius 1 is 0.976 bits per heavy atom. The smallest absolute Gasteiger partial charge is 0.306 e. The van der Waals surface area contributed by atoms with E-state index in [0.29, 0.717) is 31.1 Å². The molecule has 6 rings (SSSR count). The molecule has 0 bridgehead atoms. The van der Waals surface area contributed by atoms with E-state index in [2.05, 4.69) is 32.0 Å². The van der Waals surface area contributed by atoms with Crippen LogP contribution >= 0.6 is 0 Å². The fraction of sp³-hybridized carbons (Fsp3) is 0.429. The van der Waals surface area contributed by atoms with Crippen molar-refractivity contribution in [2.24, 2.45) is 5.92 Å². The second-order valence-corrected chi connectivity index (χ2v) is 11.6. The predicted octanol–water partition coefficient (Wildman–Crippen LogP) is 6.75. The number of rotatable bonds is 8. The van der Waals surface area contributed by atoms with Gasteiger partial charge in [-0.1, -0.05) is 12.1 Å². The number of ether oxygens (including phenoxy) is 5. The number of hydrogen-bond acceptors (Lipinski definition) is 7. The van der Waals surface area contributed by atoms with Crippen LogP contribution in [-0.2, 0) is 20.7 Å². The molecule has 2 aliphatic heterocycles. The molecule has 0 amide bonds. The Morgan fingerprint density at radius 2 is 1.74 bits per heavy atom. The van der Waals surface area contributed by atoms with Crippen molar-refractivity contribution in [3.63, 3.8) is 0 Å². The highest BCUT2D eigenvalue weighted by atomic mass is 16.5. The van der Waals surface area contributed by atoms with Gasteiger partial charge in [0.25, 0.3) is 0 Å². The van der Waals surface area contributed by atoms with E-state index in [-0.39, 0.29) is 18.0 Å². The molecule has 0 N–H and O–H groups in total. The van der Waals surface area contributed by atoms with Crippen LogP contribution < -0.4 is 14.2 Å². The van der Waals surface area contributed by atoms with Crippen molar-refractivity contribution < 1.29 is 28.5 Å². The first kappa shape index (κ1) is 28.1. The number of hydrogen-bond donors (Lipinski definition) is 0. The number of aryl methyl sites for hydroxylation is 2. The highest BCUT2D eigenvalue weighted by Gasteiger charge is 2.31. The second-order valence-electron chi connectivity index (χ2n) is 11.6. The number of nitriles is 1. The summed E-state index contributed by atoms with van der Waals surface area (Å²) in [5.74, 6) is 2.64. The molecule has 2 atom stereocenters. The molecule has 218 valence electrons. The molecule has 7 nitrogen and oxygen atoms in total. The molecule has 1 saturated heterocycles. The fourth-order valence-electron chi connectivity index (χ4n) is 6.64. The lowest BCUT2D eigenvalue weighted by molar-refractivity contribution is -0.141. The van der Waals surface area contributed by atoms with Crippen LogP contribution in [0, 0.1) is 31.1 Å². The van der Waals surface area contributed by atoms with Gasteiger partial charge >= 0.3 is 5.97 Å². The quantitative estimate of drug-likeness (QED) is 0.278. The van der Waals surface area contributed by atoms with E-state index in [0.717, 1.165) is 89.5 Å². The minimum Gasteiger partial charge on any atom is -0.493 e. The molecule has 0 saturated carbocycles. The Hall–Kier alpha value is -4.02. The highest BCUT2D eigenvalue weighted by Crippen LogP contribution is 2.45. The summed E-state index contributed by atoms with van der Waals surface area (Å²) in [5, 5.41) is 10.1. The summed E-state index contributed by atoms with van der Waals surface area (Å²) in [6, 6.07) is 16.5. The van der Waals surface area contributed by atoms with E-state index in [4.69, 9.17) is 23.7 Å². The summed E-state index contributed by atoms with van der Waals surface area (Å²) in [7, 11) is 1.40. The van der Waals surface area contributed by atoms with Crippen LogP contribution in [0.1, 0.15) is 71.1 Å². The van der Waals surface area contributed by atoms with Crippen LogP contribution in [0.25, 0.3) is 11.1 Å². The topological polar surface area (TPSA) is 87.0 Å². The lowest BCUT2D eigenvalue weighted by atomic mass is 9.87. The van der Waals surface area contributed by atoms with Gasteiger partial charge in [0.15, 0.2) is 0 Å². The molecule has 0 unspecified atom stereocenters. The minimum absolute atomic E-state index is 0.00852. The van der Waals surface area contributed by atoms with Crippen LogP contribution in [0.2, 0.25) is 0 Å². The summed E-state index contributed by atoms with van der Waals surface area (Å²) in [5.41, 5.74) is 8.29. The van der Waals surface area contributed by atoms with Gasteiger partial charge in [0.05, 0.1) is 38.4 Å². The van der Waals surface area contributed by atoms with Gasteiger partial charge in [-0.05, 0) is 97.5 Å². The number of nitrogens with zero attached hydrogens (tertiary/aromatic N) is 1. The van der Waals surface area contributed by atoms with Crippen molar-refractivity contribution in [1.29, 1.82) is 5.26 Å². The number of fused-ring (bicyclic) bond motifs is 2. The van der Waals surface area contributed by atoms with Crippen LogP contribution in [0.3, 0.4) is 0 Å². The largest absolute Gasteiger partial charge is 0.493 e. The molecule has 2 heterocycles. The van der Waals surface area contributed by atoms with E-state index in [1.54, 1.807) is 0 Å². The van der Waals surface area contributed by atoms with Gasteiger partial charge in [0, 0.05) is 36.3 Å².